The van der Waals surface area contributed by atoms with Gasteiger partial charge in [-0.1, -0.05) is 11.6 Å². The SMILES string of the molecule is C[C@@H]1CCCCN1c1nc2c(c(=O)[nH]1)[C@@H](C(=O)Nc1ccc(Cl)cc1)CC(=O)N2. The number of nitrogens with one attached hydrogen (secondary N) is 3. The largest absolute Gasteiger partial charge is 0.340 e. The van der Waals surface area contributed by atoms with E-state index in [1.165, 1.54) is 0 Å². The molecule has 0 bridgehead atoms. The number of amides is 2. The van der Waals surface area contributed by atoms with E-state index in [2.05, 4.69) is 27.5 Å². The van der Waals surface area contributed by atoms with Gasteiger partial charge in [-0.3, -0.25) is 19.4 Å². The van der Waals surface area contributed by atoms with Crippen LogP contribution in [-0.4, -0.2) is 34.4 Å². The number of benzene rings is 1. The number of fused-ring (bicyclic) bond motifs is 1. The fourth-order valence-corrected chi connectivity index (χ4v) is 4.02. The van der Waals surface area contributed by atoms with E-state index in [0.717, 1.165) is 25.8 Å². The summed E-state index contributed by atoms with van der Waals surface area (Å²) in [6, 6.07) is 6.87. The summed E-state index contributed by atoms with van der Waals surface area (Å²) in [5, 5.41) is 5.95. The molecule has 4 rings (SSSR count). The Kier molecular flexibility index (Phi) is 5.27. The van der Waals surface area contributed by atoms with Crippen LogP contribution in [0.4, 0.5) is 17.5 Å². The molecule has 9 heteroatoms. The molecule has 0 aliphatic carbocycles. The van der Waals surface area contributed by atoms with E-state index in [1.54, 1.807) is 24.3 Å². The first-order valence-electron chi connectivity index (χ1n) is 9.69. The number of piperidine rings is 1. The lowest BCUT2D eigenvalue weighted by molar-refractivity contribution is -0.123. The minimum Gasteiger partial charge on any atom is -0.340 e. The molecule has 1 fully saturated rings. The minimum atomic E-state index is -0.918. The van der Waals surface area contributed by atoms with Gasteiger partial charge in [-0.05, 0) is 50.5 Å². The number of nitrogens with zero attached hydrogens (tertiary/aromatic N) is 2. The third kappa shape index (κ3) is 3.98. The zero-order chi connectivity index (χ0) is 20.5. The van der Waals surface area contributed by atoms with Crippen molar-refractivity contribution in [3.05, 3.63) is 45.2 Å². The molecule has 0 radical (unpaired) electrons. The maximum absolute atomic E-state index is 12.9. The normalized spacial score (nSPS) is 21.3. The number of carbonyl (C=O) groups is 2. The van der Waals surface area contributed by atoms with Gasteiger partial charge in [0.05, 0.1) is 11.5 Å². The Hall–Kier alpha value is -2.87. The van der Waals surface area contributed by atoms with E-state index in [1.807, 2.05) is 4.90 Å². The molecule has 3 heterocycles. The van der Waals surface area contributed by atoms with Crippen molar-refractivity contribution in [2.45, 2.75) is 44.6 Å². The summed E-state index contributed by atoms with van der Waals surface area (Å²) in [5.74, 6) is -1.10. The fraction of sp³-hybridized carbons (Fsp3) is 0.400. The predicted molar refractivity (Wildman–Crippen MR) is 112 cm³/mol. The first kappa shape index (κ1) is 19.4. The molecule has 152 valence electrons. The molecule has 29 heavy (non-hydrogen) atoms. The van der Waals surface area contributed by atoms with Gasteiger partial charge in [-0.2, -0.15) is 4.98 Å². The monoisotopic (exact) mass is 415 g/mol. The number of carbonyl (C=O) groups excluding carboxylic acids is 2. The number of anilines is 3. The highest BCUT2D eigenvalue weighted by Gasteiger charge is 2.35. The van der Waals surface area contributed by atoms with Crippen molar-refractivity contribution in [2.75, 3.05) is 22.1 Å². The highest BCUT2D eigenvalue weighted by molar-refractivity contribution is 6.30. The first-order chi connectivity index (χ1) is 13.9. The average molecular weight is 416 g/mol. The van der Waals surface area contributed by atoms with Gasteiger partial charge in [0, 0.05) is 29.7 Å². The van der Waals surface area contributed by atoms with E-state index >= 15 is 0 Å². The van der Waals surface area contributed by atoms with Crippen molar-refractivity contribution >= 4 is 40.9 Å². The summed E-state index contributed by atoms with van der Waals surface area (Å²) in [4.78, 5) is 47.3. The van der Waals surface area contributed by atoms with Gasteiger partial charge in [0.25, 0.3) is 5.56 Å². The summed E-state index contributed by atoms with van der Waals surface area (Å²) in [5.41, 5.74) is 0.318. The molecule has 3 N–H and O–H groups in total. The summed E-state index contributed by atoms with van der Waals surface area (Å²) in [6.07, 6.45) is 3.05. The molecular formula is C20H22ClN5O3. The van der Waals surface area contributed by atoms with Gasteiger partial charge in [0.2, 0.25) is 17.8 Å². The van der Waals surface area contributed by atoms with Crippen molar-refractivity contribution in [1.82, 2.24) is 9.97 Å². The lowest BCUT2D eigenvalue weighted by Gasteiger charge is -2.34. The number of H-pyrrole nitrogens is 1. The minimum absolute atomic E-state index is 0.114. The Bertz CT molecular complexity index is 1000. The van der Waals surface area contributed by atoms with E-state index in [-0.39, 0.29) is 29.8 Å². The van der Waals surface area contributed by atoms with E-state index in [9.17, 15) is 14.4 Å². The zero-order valence-corrected chi connectivity index (χ0v) is 16.8. The van der Waals surface area contributed by atoms with Gasteiger partial charge in [-0.25, -0.2) is 0 Å². The van der Waals surface area contributed by atoms with Gasteiger partial charge < -0.3 is 15.5 Å². The number of hydrogen-bond acceptors (Lipinski definition) is 5. The predicted octanol–water partition coefficient (Wildman–Crippen LogP) is 2.87. The molecule has 1 aromatic carbocycles. The van der Waals surface area contributed by atoms with Crippen LogP contribution in [0.5, 0.6) is 0 Å². The number of halogens is 1. The molecule has 1 saturated heterocycles. The van der Waals surface area contributed by atoms with Gasteiger partial charge in [0.1, 0.15) is 5.82 Å². The summed E-state index contributed by atoms with van der Waals surface area (Å²) in [7, 11) is 0. The molecule has 1 aromatic heterocycles. The molecule has 2 aromatic rings. The van der Waals surface area contributed by atoms with Crippen molar-refractivity contribution in [2.24, 2.45) is 0 Å². The van der Waals surface area contributed by atoms with E-state index in [0.29, 0.717) is 16.7 Å². The highest BCUT2D eigenvalue weighted by atomic mass is 35.5. The molecule has 0 unspecified atom stereocenters. The molecular weight excluding hydrogens is 394 g/mol. The molecule has 2 aliphatic rings. The van der Waals surface area contributed by atoms with Crippen molar-refractivity contribution in [3.63, 3.8) is 0 Å². The zero-order valence-electron chi connectivity index (χ0n) is 16.0. The first-order valence-corrected chi connectivity index (χ1v) is 10.1. The molecule has 0 saturated carbocycles. The van der Waals surface area contributed by atoms with Crippen LogP contribution in [0.15, 0.2) is 29.1 Å². The second-order valence-electron chi connectivity index (χ2n) is 7.49. The van der Waals surface area contributed by atoms with Crippen molar-refractivity contribution in [3.8, 4) is 0 Å². The number of aromatic amines is 1. The van der Waals surface area contributed by atoms with Crippen LogP contribution < -0.4 is 21.1 Å². The summed E-state index contributed by atoms with van der Waals surface area (Å²) >= 11 is 5.87. The van der Waals surface area contributed by atoms with E-state index < -0.39 is 17.4 Å². The summed E-state index contributed by atoms with van der Waals surface area (Å²) in [6.45, 7) is 2.87. The third-order valence-corrected chi connectivity index (χ3v) is 5.69. The van der Waals surface area contributed by atoms with Crippen molar-refractivity contribution < 1.29 is 9.59 Å². The Morgan fingerprint density at radius 2 is 2.00 bits per heavy atom. The lowest BCUT2D eigenvalue weighted by atomic mass is 9.92. The average Bonchev–Trinajstić information content (AvgIpc) is 2.69. The molecule has 0 spiro atoms. The van der Waals surface area contributed by atoms with Gasteiger partial charge in [0.15, 0.2) is 0 Å². The van der Waals surface area contributed by atoms with Crippen LogP contribution in [-0.2, 0) is 9.59 Å². The third-order valence-electron chi connectivity index (χ3n) is 5.44. The van der Waals surface area contributed by atoms with Crippen LogP contribution in [0.25, 0.3) is 0 Å². The molecule has 8 nitrogen and oxygen atoms in total. The van der Waals surface area contributed by atoms with E-state index in [4.69, 9.17) is 11.6 Å². The second kappa shape index (κ2) is 7.87. The Labute approximate surface area is 172 Å². The Morgan fingerprint density at radius 3 is 2.72 bits per heavy atom. The number of aromatic nitrogens is 2. The van der Waals surface area contributed by atoms with Crippen molar-refractivity contribution in [1.29, 1.82) is 0 Å². The van der Waals surface area contributed by atoms with Crippen LogP contribution in [0.3, 0.4) is 0 Å². The Morgan fingerprint density at radius 1 is 1.24 bits per heavy atom. The highest BCUT2D eigenvalue weighted by Crippen LogP contribution is 2.31. The number of rotatable bonds is 3. The second-order valence-corrected chi connectivity index (χ2v) is 7.93. The number of hydrogen-bond donors (Lipinski definition) is 3. The molecule has 2 aliphatic heterocycles. The van der Waals surface area contributed by atoms with Crippen LogP contribution in [0.1, 0.15) is 44.1 Å². The van der Waals surface area contributed by atoms with Gasteiger partial charge in [-0.15, -0.1) is 0 Å². The Balaban J connectivity index is 1.65. The fourth-order valence-electron chi connectivity index (χ4n) is 3.89. The maximum atomic E-state index is 12.9. The summed E-state index contributed by atoms with van der Waals surface area (Å²) < 4.78 is 0. The standard InChI is InChI=1S/C20H22ClN5O3/c1-11-4-2-3-9-26(11)20-24-17-16(19(29)25-20)14(10-15(27)23-17)18(28)22-13-7-5-12(21)6-8-13/h5-8,11,14H,2-4,9-10H2,1H3,(H,22,28)(H2,23,24,25,27,29)/t11-,14+/m1/s1. The van der Waals surface area contributed by atoms with Crippen LogP contribution in [0, 0.1) is 0 Å². The lowest BCUT2D eigenvalue weighted by Crippen LogP contribution is -2.41. The van der Waals surface area contributed by atoms with Gasteiger partial charge >= 0.3 is 0 Å². The topological polar surface area (TPSA) is 107 Å². The molecule has 2 amide bonds. The van der Waals surface area contributed by atoms with Crippen LogP contribution >= 0.6 is 11.6 Å². The molecule has 2 atom stereocenters. The maximum Gasteiger partial charge on any atom is 0.258 e. The quantitative estimate of drug-likeness (QED) is 0.714. The van der Waals surface area contributed by atoms with Crippen LogP contribution in [0.2, 0.25) is 5.02 Å². The smallest absolute Gasteiger partial charge is 0.258 e.